The van der Waals surface area contributed by atoms with Crippen LogP contribution in [0.25, 0.3) is 0 Å². The van der Waals surface area contributed by atoms with Gasteiger partial charge in [0.05, 0.1) is 11.5 Å². The quantitative estimate of drug-likeness (QED) is 0.382. The molecule has 2 aliphatic heterocycles. The molecule has 0 saturated heterocycles. The SMILES string of the molecule is CN1c2ccccc2C(C)(C)C1/C=C/C=C/C=C/C=C/C1=[N+](C)c2ccccc2C1(C)C. The highest BCUT2D eigenvalue weighted by Gasteiger charge is 2.42. The molecule has 0 aliphatic carbocycles. The summed E-state index contributed by atoms with van der Waals surface area (Å²) >= 11 is 0. The maximum Gasteiger partial charge on any atom is 0.209 e. The Morgan fingerprint density at radius 1 is 0.781 bits per heavy atom. The first kappa shape index (κ1) is 22.1. The predicted molar refractivity (Wildman–Crippen MR) is 139 cm³/mol. The number of nitrogens with zero attached hydrogens (tertiary/aromatic N) is 2. The minimum atomic E-state index is 0.0198. The van der Waals surface area contributed by atoms with Crippen molar-refractivity contribution in [1.82, 2.24) is 0 Å². The zero-order valence-electron chi connectivity index (χ0n) is 20.2. The second kappa shape index (κ2) is 8.43. The molecule has 0 saturated carbocycles. The van der Waals surface area contributed by atoms with Crippen LogP contribution in [0.1, 0.15) is 38.8 Å². The van der Waals surface area contributed by atoms with E-state index in [1.807, 2.05) is 0 Å². The Morgan fingerprint density at radius 3 is 2.06 bits per heavy atom. The van der Waals surface area contributed by atoms with Crippen LogP contribution in [-0.2, 0) is 10.8 Å². The van der Waals surface area contributed by atoms with Gasteiger partial charge < -0.3 is 4.90 Å². The van der Waals surface area contributed by atoms with Gasteiger partial charge in [0, 0.05) is 35.9 Å². The molecular formula is C30H35N2+. The Morgan fingerprint density at radius 2 is 1.38 bits per heavy atom. The molecular weight excluding hydrogens is 388 g/mol. The van der Waals surface area contributed by atoms with E-state index in [2.05, 4.69) is 148 Å². The molecule has 2 nitrogen and oxygen atoms in total. The summed E-state index contributed by atoms with van der Waals surface area (Å²) in [6.45, 7) is 9.25. The van der Waals surface area contributed by atoms with E-state index < -0.39 is 0 Å². The van der Waals surface area contributed by atoms with Crippen molar-refractivity contribution in [3.63, 3.8) is 0 Å². The minimum Gasteiger partial charge on any atom is -0.367 e. The van der Waals surface area contributed by atoms with Crippen molar-refractivity contribution < 1.29 is 4.58 Å². The van der Waals surface area contributed by atoms with E-state index in [1.165, 1.54) is 28.2 Å². The summed E-state index contributed by atoms with van der Waals surface area (Å²) in [6, 6.07) is 17.8. The number of para-hydroxylation sites is 2. The molecule has 2 aromatic rings. The molecule has 0 amide bonds. The van der Waals surface area contributed by atoms with Crippen LogP contribution >= 0.6 is 0 Å². The molecule has 164 valence electrons. The van der Waals surface area contributed by atoms with Crippen LogP contribution in [0.2, 0.25) is 0 Å². The van der Waals surface area contributed by atoms with Gasteiger partial charge in [-0.1, -0.05) is 92.8 Å². The van der Waals surface area contributed by atoms with Gasteiger partial charge in [-0.3, -0.25) is 0 Å². The van der Waals surface area contributed by atoms with E-state index in [4.69, 9.17) is 0 Å². The maximum absolute atomic E-state index is 2.38. The van der Waals surface area contributed by atoms with Crippen molar-refractivity contribution in [3.05, 3.63) is 108 Å². The third-order valence-electron chi connectivity index (χ3n) is 7.18. The molecule has 4 rings (SSSR count). The van der Waals surface area contributed by atoms with Crippen molar-refractivity contribution in [3.8, 4) is 0 Å². The number of hydrogen-bond donors (Lipinski definition) is 0. The summed E-state index contributed by atoms with van der Waals surface area (Å²) in [7, 11) is 4.34. The monoisotopic (exact) mass is 423 g/mol. The van der Waals surface area contributed by atoms with Crippen LogP contribution < -0.4 is 4.90 Å². The third-order valence-corrected chi connectivity index (χ3v) is 7.18. The summed E-state index contributed by atoms with van der Waals surface area (Å²) in [5, 5.41) is 0. The summed E-state index contributed by atoms with van der Waals surface area (Å²) < 4.78 is 2.30. The maximum atomic E-state index is 2.38. The van der Waals surface area contributed by atoms with E-state index in [9.17, 15) is 0 Å². The number of anilines is 1. The van der Waals surface area contributed by atoms with Gasteiger partial charge in [-0.15, -0.1) is 0 Å². The lowest BCUT2D eigenvalue weighted by Crippen LogP contribution is -2.37. The van der Waals surface area contributed by atoms with Gasteiger partial charge in [-0.2, -0.15) is 4.58 Å². The molecule has 2 aliphatic rings. The second-order valence-corrected chi connectivity index (χ2v) is 9.89. The highest BCUT2D eigenvalue weighted by molar-refractivity contribution is 6.03. The van der Waals surface area contributed by atoms with Crippen LogP contribution in [0.15, 0.2) is 97.1 Å². The largest absolute Gasteiger partial charge is 0.367 e. The van der Waals surface area contributed by atoms with Gasteiger partial charge in [-0.25, -0.2) is 0 Å². The van der Waals surface area contributed by atoms with Crippen molar-refractivity contribution in [2.75, 3.05) is 19.0 Å². The van der Waals surface area contributed by atoms with Crippen molar-refractivity contribution >= 4 is 17.1 Å². The zero-order chi connectivity index (χ0) is 22.9. The molecule has 2 heterocycles. The minimum absolute atomic E-state index is 0.0198. The lowest BCUT2D eigenvalue weighted by molar-refractivity contribution is -0.401. The smallest absolute Gasteiger partial charge is 0.209 e. The molecule has 0 fully saturated rings. The Kier molecular flexibility index (Phi) is 5.81. The number of hydrogen-bond acceptors (Lipinski definition) is 1. The number of fused-ring (bicyclic) bond motifs is 2. The van der Waals surface area contributed by atoms with Gasteiger partial charge >= 0.3 is 0 Å². The van der Waals surface area contributed by atoms with Crippen LogP contribution in [0, 0.1) is 0 Å². The predicted octanol–water partition coefficient (Wildman–Crippen LogP) is 6.71. The Bertz CT molecular complexity index is 1150. The molecule has 0 bridgehead atoms. The first-order valence-corrected chi connectivity index (χ1v) is 11.5. The third kappa shape index (κ3) is 3.68. The molecule has 32 heavy (non-hydrogen) atoms. The average molecular weight is 424 g/mol. The van der Waals surface area contributed by atoms with E-state index in [1.54, 1.807) is 0 Å². The standard InChI is InChI=1S/C30H35N2/c1-29(2)23-17-13-15-19-25(23)31(5)27(29)21-11-9-7-8-10-12-22-28-30(3,4)24-18-14-16-20-26(24)32(28)6/h7-22,27H,1-6H3/q+1/b9-7+,10-8+,21-11+,22-12+. The Hall–Kier alpha value is -3.13. The van der Waals surface area contributed by atoms with Gasteiger partial charge in [0.2, 0.25) is 5.69 Å². The molecule has 1 unspecified atom stereocenters. The van der Waals surface area contributed by atoms with Crippen LogP contribution in [-0.4, -0.2) is 30.4 Å². The lowest BCUT2D eigenvalue weighted by Gasteiger charge is -2.29. The summed E-state index contributed by atoms with van der Waals surface area (Å²) in [4.78, 5) is 2.38. The fourth-order valence-electron chi connectivity index (χ4n) is 5.36. The molecule has 0 N–H and O–H groups in total. The van der Waals surface area contributed by atoms with Gasteiger partial charge in [0.15, 0.2) is 5.71 Å². The number of benzene rings is 2. The second-order valence-electron chi connectivity index (χ2n) is 9.89. The van der Waals surface area contributed by atoms with Crippen molar-refractivity contribution in [2.24, 2.45) is 0 Å². The topological polar surface area (TPSA) is 6.25 Å². The molecule has 1 atom stereocenters. The van der Waals surface area contributed by atoms with Crippen LogP contribution in [0.5, 0.6) is 0 Å². The fourth-order valence-corrected chi connectivity index (χ4v) is 5.36. The number of likely N-dealkylation sites (N-methyl/N-ethyl adjacent to an activating group) is 1. The van der Waals surface area contributed by atoms with Gasteiger partial charge in [0.25, 0.3) is 0 Å². The molecule has 0 spiro atoms. The first-order valence-electron chi connectivity index (χ1n) is 11.5. The fraction of sp³-hybridized carbons (Fsp3) is 0.300. The van der Waals surface area contributed by atoms with Crippen molar-refractivity contribution in [1.29, 1.82) is 0 Å². The van der Waals surface area contributed by atoms with E-state index >= 15 is 0 Å². The summed E-state index contributed by atoms with van der Waals surface area (Å²) in [5.41, 5.74) is 6.88. The average Bonchev–Trinajstić information content (AvgIpc) is 3.09. The van der Waals surface area contributed by atoms with Crippen LogP contribution in [0.3, 0.4) is 0 Å². The summed E-state index contributed by atoms with van der Waals surface area (Å²) in [5.74, 6) is 0. The molecule has 0 radical (unpaired) electrons. The van der Waals surface area contributed by atoms with Crippen LogP contribution in [0.4, 0.5) is 11.4 Å². The number of rotatable bonds is 5. The van der Waals surface area contributed by atoms with Crippen molar-refractivity contribution in [2.45, 2.75) is 44.6 Å². The normalized spacial score (nSPS) is 21.6. The highest BCUT2D eigenvalue weighted by atomic mass is 15.2. The molecule has 0 aromatic heterocycles. The zero-order valence-corrected chi connectivity index (χ0v) is 20.2. The Balaban J connectivity index is 1.39. The lowest BCUT2D eigenvalue weighted by atomic mass is 9.80. The van der Waals surface area contributed by atoms with E-state index in [-0.39, 0.29) is 10.8 Å². The number of allylic oxidation sites excluding steroid dienone is 7. The first-order chi connectivity index (χ1) is 15.3. The van der Waals surface area contributed by atoms with E-state index in [0.29, 0.717) is 6.04 Å². The summed E-state index contributed by atoms with van der Waals surface area (Å²) in [6.07, 6.45) is 17.3. The van der Waals surface area contributed by atoms with Gasteiger partial charge in [0.1, 0.15) is 7.05 Å². The highest BCUT2D eigenvalue weighted by Crippen LogP contribution is 2.44. The Labute approximate surface area is 193 Å². The molecule has 2 aromatic carbocycles. The molecule has 2 heteroatoms. The van der Waals surface area contributed by atoms with E-state index in [0.717, 1.165) is 0 Å². The van der Waals surface area contributed by atoms with Gasteiger partial charge in [-0.05, 0) is 25.5 Å².